The summed E-state index contributed by atoms with van der Waals surface area (Å²) in [5.74, 6) is 1.11. The maximum atomic E-state index is 6.22. The molecule has 4 nitrogen and oxygen atoms in total. The van der Waals surface area contributed by atoms with Crippen molar-refractivity contribution in [1.29, 1.82) is 0 Å². The molecule has 0 aliphatic carbocycles. The number of nitrogens with one attached hydrogen (secondary N) is 1. The molecule has 0 atom stereocenters. The van der Waals surface area contributed by atoms with Gasteiger partial charge in [-0.15, -0.1) is 0 Å². The first-order chi connectivity index (χ1) is 14.9. The second-order valence-corrected chi connectivity index (χ2v) is 8.86. The van der Waals surface area contributed by atoms with E-state index in [1.54, 1.807) is 43.7 Å². The highest BCUT2D eigenvalue weighted by molar-refractivity contribution is 9.10. The molecule has 0 amide bonds. The Balaban J connectivity index is 1.69. The molecule has 0 saturated heterocycles. The monoisotopic (exact) mass is 560 g/mol. The predicted octanol–water partition coefficient (Wildman–Crippen LogP) is 7.77. The molecule has 3 rings (SSSR count). The lowest BCUT2D eigenvalue weighted by atomic mass is 10.2. The number of halogens is 5. The molecule has 0 saturated carbocycles. The Morgan fingerprint density at radius 3 is 2.42 bits per heavy atom. The lowest BCUT2D eigenvalue weighted by Gasteiger charge is -2.14. The standard InChI is InChI=1S/C22H17BrCl4N2O2/c1-30-21-8-13(10-28-29-11-16-18(25)3-2-4-19(16)26)7-17(23)22(21)31-12-14-5-6-15(24)9-20(14)27/h2-10,29H,11-12H2,1H3/b28-10-. The van der Waals surface area contributed by atoms with E-state index >= 15 is 0 Å². The van der Waals surface area contributed by atoms with E-state index < -0.39 is 0 Å². The maximum Gasteiger partial charge on any atom is 0.175 e. The second-order valence-electron chi connectivity index (χ2n) is 6.35. The van der Waals surface area contributed by atoms with Crippen LogP contribution in [0.15, 0.2) is 58.1 Å². The first-order valence-corrected chi connectivity index (χ1v) is 11.3. The molecule has 1 N–H and O–H groups in total. The minimum Gasteiger partial charge on any atom is -0.493 e. The number of methoxy groups -OCH3 is 1. The van der Waals surface area contributed by atoms with Crippen molar-refractivity contribution in [3.63, 3.8) is 0 Å². The Kier molecular flexibility index (Phi) is 8.76. The van der Waals surface area contributed by atoms with E-state index in [2.05, 4.69) is 26.5 Å². The fraction of sp³-hybridized carbons (Fsp3) is 0.136. The van der Waals surface area contributed by atoms with E-state index in [-0.39, 0.29) is 6.61 Å². The van der Waals surface area contributed by atoms with Crippen LogP contribution >= 0.6 is 62.3 Å². The molecule has 162 valence electrons. The summed E-state index contributed by atoms with van der Waals surface area (Å²) >= 11 is 28.0. The average Bonchev–Trinajstić information content (AvgIpc) is 2.73. The first-order valence-electron chi connectivity index (χ1n) is 9.02. The van der Waals surface area contributed by atoms with Gasteiger partial charge in [0.05, 0.1) is 24.3 Å². The minimum atomic E-state index is 0.262. The maximum absolute atomic E-state index is 6.22. The van der Waals surface area contributed by atoms with Gasteiger partial charge in [0, 0.05) is 31.2 Å². The topological polar surface area (TPSA) is 42.8 Å². The van der Waals surface area contributed by atoms with Gasteiger partial charge in [-0.05, 0) is 57.9 Å². The number of benzene rings is 3. The summed E-state index contributed by atoms with van der Waals surface area (Å²) in [7, 11) is 1.57. The molecular weight excluding hydrogens is 546 g/mol. The van der Waals surface area contributed by atoms with Crippen LogP contribution in [0, 0.1) is 0 Å². The Hall–Kier alpha value is -1.63. The van der Waals surface area contributed by atoms with Gasteiger partial charge in [-0.1, -0.05) is 58.5 Å². The van der Waals surface area contributed by atoms with Gasteiger partial charge in [0.1, 0.15) is 6.61 Å². The third-order valence-corrected chi connectivity index (χ3v) is 6.15. The Morgan fingerprint density at radius 2 is 1.74 bits per heavy atom. The Bertz CT molecular complexity index is 1090. The predicted molar refractivity (Wildman–Crippen MR) is 132 cm³/mol. The smallest absolute Gasteiger partial charge is 0.175 e. The van der Waals surface area contributed by atoms with E-state index in [0.717, 1.165) is 16.7 Å². The number of hydrazone groups is 1. The fourth-order valence-corrected chi connectivity index (χ4v) is 4.26. The van der Waals surface area contributed by atoms with Gasteiger partial charge in [-0.2, -0.15) is 5.10 Å². The molecule has 9 heteroatoms. The lowest BCUT2D eigenvalue weighted by Crippen LogP contribution is -2.07. The third-order valence-electron chi connectivity index (χ3n) is 4.26. The van der Waals surface area contributed by atoms with Crippen molar-refractivity contribution in [2.24, 2.45) is 5.10 Å². The second kappa shape index (κ2) is 11.3. The van der Waals surface area contributed by atoms with Crippen molar-refractivity contribution in [3.05, 3.63) is 89.8 Å². The van der Waals surface area contributed by atoms with Gasteiger partial charge in [0.25, 0.3) is 0 Å². The van der Waals surface area contributed by atoms with Crippen molar-refractivity contribution in [1.82, 2.24) is 5.43 Å². The zero-order valence-corrected chi connectivity index (χ0v) is 20.9. The van der Waals surface area contributed by atoms with E-state index in [4.69, 9.17) is 55.9 Å². The van der Waals surface area contributed by atoms with Crippen molar-refractivity contribution in [2.75, 3.05) is 7.11 Å². The molecule has 3 aromatic rings. The molecule has 0 aliphatic heterocycles. The third kappa shape index (κ3) is 6.43. The summed E-state index contributed by atoms with van der Waals surface area (Å²) in [4.78, 5) is 0. The van der Waals surface area contributed by atoms with Gasteiger partial charge in [0.2, 0.25) is 0 Å². The highest BCUT2D eigenvalue weighted by Crippen LogP contribution is 2.37. The molecule has 3 aromatic carbocycles. The molecule has 0 heterocycles. The van der Waals surface area contributed by atoms with Gasteiger partial charge in [-0.3, -0.25) is 0 Å². The van der Waals surface area contributed by atoms with E-state index in [1.165, 1.54) is 0 Å². The van der Waals surface area contributed by atoms with E-state index in [1.807, 2.05) is 18.2 Å². The zero-order valence-electron chi connectivity index (χ0n) is 16.3. The van der Waals surface area contributed by atoms with Crippen LogP contribution in [0.4, 0.5) is 0 Å². The summed E-state index contributed by atoms with van der Waals surface area (Å²) < 4.78 is 12.1. The van der Waals surface area contributed by atoms with Crippen molar-refractivity contribution in [3.8, 4) is 11.5 Å². The number of rotatable bonds is 8. The number of nitrogens with zero attached hydrogens (tertiary/aromatic N) is 1. The van der Waals surface area contributed by atoms with Crippen LogP contribution in [-0.2, 0) is 13.2 Å². The van der Waals surface area contributed by atoms with E-state index in [9.17, 15) is 0 Å². The summed E-state index contributed by atoms with van der Waals surface area (Å²) in [6, 6.07) is 14.3. The highest BCUT2D eigenvalue weighted by atomic mass is 79.9. The molecule has 31 heavy (non-hydrogen) atoms. The van der Waals surface area contributed by atoms with Crippen molar-refractivity contribution >= 4 is 68.5 Å². The quantitative estimate of drug-likeness (QED) is 0.225. The Labute approximate surface area is 209 Å². The zero-order chi connectivity index (χ0) is 22.4. The number of ether oxygens (including phenoxy) is 2. The molecule has 0 fully saturated rings. The largest absolute Gasteiger partial charge is 0.493 e. The first kappa shape index (κ1) is 24.0. The van der Waals surface area contributed by atoms with Crippen molar-refractivity contribution < 1.29 is 9.47 Å². The number of hydrogen-bond donors (Lipinski definition) is 1. The highest BCUT2D eigenvalue weighted by Gasteiger charge is 2.13. The van der Waals surface area contributed by atoms with Crippen LogP contribution < -0.4 is 14.9 Å². The Morgan fingerprint density at radius 1 is 1.00 bits per heavy atom. The number of hydrogen-bond acceptors (Lipinski definition) is 4. The summed E-state index contributed by atoms with van der Waals surface area (Å²) in [6.45, 7) is 0.662. The molecule has 0 aromatic heterocycles. The minimum absolute atomic E-state index is 0.262. The van der Waals surface area contributed by atoms with Crippen LogP contribution in [0.5, 0.6) is 11.5 Å². The van der Waals surface area contributed by atoms with Crippen LogP contribution in [-0.4, -0.2) is 13.3 Å². The summed E-state index contributed by atoms with van der Waals surface area (Å²) in [5.41, 5.74) is 5.35. The van der Waals surface area contributed by atoms with Crippen molar-refractivity contribution in [2.45, 2.75) is 13.2 Å². The lowest BCUT2D eigenvalue weighted by molar-refractivity contribution is 0.282. The summed E-state index contributed by atoms with van der Waals surface area (Å²) in [5, 5.41) is 6.52. The molecule has 0 aliphatic rings. The van der Waals surface area contributed by atoms with Crippen LogP contribution in [0.2, 0.25) is 20.1 Å². The molecule has 0 unspecified atom stereocenters. The SMILES string of the molecule is COc1cc(/C=N\NCc2c(Cl)cccc2Cl)cc(Br)c1OCc1ccc(Cl)cc1Cl. The molecular formula is C22H17BrCl4N2O2. The van der Waals surface area contributed by atoms with Crippen LogP contribution in [0.25, 0.3) is 0 Å². The molecule has 0 spiro atoms. The van der Waals surface area contributed by atoms with Crippen LogP contribution in [0.1, 0.15) is 16.7 Å². The van der Waals surface area contributed by atoms with Gasteiger partial charge < -0.3 is 14.9 Å². The van der Waals surface area contributed by atoms with E-state index in [0.29, 0.717) is 42.6 Å². The van der Waals surface area contributed by atoms with Gasteiger partial charge in [0.15, 0.2) is 11.5 Å². The normalized spacial score (nSPS) is 11.0. The van der Waals surface area contributed by atoms with Gasteiger partial charge >= 0.3 is 0 Å². The van der Waals surface area contributed by atoms with Crippen LogP contribution in [0.3, 0.4) is 0 Å². The fourth-order valence-electron chi connectivity index (χ4n) is 2.69. The molecule has 0 bridgehead atoms. The summed E-state index contributed by atoms with van der Waals surface area (Å²) in [6.07, 6.45) is 1.66. The van der Waals surface area contributed by atoms with Gasteiger partial charge in [-0.25, -0.2) is 0 Å². The molecule has 0 radical (unpaired) electrons. The average molecular weight is 563 g/mol.